The third kappa shape index (κ3) is 6.89. The molecule has 1 amide bonds. The average molecular weight is 468 g/mol. The minimum absolute atomic E-state index is 0.111. The van der Waals surface area contributed by atoms with Crippen LogP contribution in [0.3, 0.4) is 0 Å². The van der Waals surface area contributed by atoms with Crippen molar-refractivity contribution in [1.82, 2.24) is 10.2 Å². The highest BCUT2D eigenvalue weighted by Crippen LogP contribution is 2.33. The van der Waals surface area contributed by atoms with Crippen LogP contribution < -0.4 is 10.1 Å². The Morgan fingerprint density at radius 1 is 1.17 bits per heavy atom. The molecule has 0 bridgehead atoms. The van der Waals surface area contributed by atoms with Crippen LogP contribution in [0.15, 0.2) is 46.8 Å². The monoisotopic (exact) mass is 467 g/mol. The summed E-state index contributed by atoms with van der Waals surface area (Å²) in [6, 6.07) is 13.2. The summed E-state index contributed by atoms with van der Waals surface area (Å²) in [5.41, 5.74) is 2.00. The second-order valence-corrected chi connectivity index (χ2v) is 9.19. The van der Waals surface area contributed by atoms with Gasteiger partial charge in [-0.15, -0.1) is 10.2 Å². The first-order valence-electron chi connectivity index (χ1n) is 8.90. The lowest BCUT2D eigenvalue weighted by Crippen LogP contribution is -2.12. The summed E-state index contributed by atoms with van der Waals surface area (Å²) in [4.78, 5) is 12.1. The number of hydrogen-bond acceptors (Lipinski definition) is 6. The van der Waals surface area contributed by atoms with Crippen LogP contribution >= 0.6 is 46.3 Å². The summed E-state index contributed by atoms with van der Waals surface area (Å²) in [7, 11) is 0. The molecule has 0 saturated heterocycles. The largest absolute Gasteiger partial charge is 0.494 e. The van der Waals surface area contributed by atoms with E-state index < -0.39 is 0 Å². The van der Waals surface area contributed by atoms with Crippen molar-refractivity contribution in [2.75, 3.05) is 11.9 Å². The van der Waals surface area contributed by atoms with E-state index in [4.69, 9.17) is 27.9 Å². The van der Waals surface area contributed by atoms with Gasteiger partial charge in [0.15, 0.2) is 4.34 Å². The van der Waals surface area contributed by atoms with E-state index in [1.54, 1.807) is 12.1 Å². The number of carbonyl (C=O) groups is 1. The number of amides is 1. The lowest BCUT2D eigenvalue weighted by molar-refractivity contribution is -0.116. The zero-order chi connectivity index (χ0) is 20.6. The summed E-state index contributed by atoms with van der Waals surface area (Å²) in [5, 5.41) is 12.6. The van der Waals surface area contributed by atoms with Crippen LogP contribution in [0.4, 0.5) is 5.13 Å². The van der Waals surface area contributed by atoms with Gasteiger partial charge in [0.25, 0.3) is 0 Å². The SMILES string of the molecule is Cc1cccc(OCCCC(=O)Nc2nnc(SCc3c(Cl)cccc3Cl)s2)c1. The van der Waals surface area contributed by atoms with Gasteiger partial charge >= 0.3 is 0 Å². The molecule has 1 N–H and O–H groups in total. The number of halogens is 2. The average Bonchev–Trinajstić information content (AvgIpc) is 3.12. The molecule has 0 spiro atoms. The van der Waals surface area contributed by atoms with E-state index in [9.17, 15) is 4.79 Å². The maximum Gasteiger partial charge on any atom is 0.226 e. The van der Waals surface area contributed by atoms with Crippen molar-refractivity contribution in [2.45, 2.75) is 29.9 Å². The van der Waals surface area contributed by atoms with Gasteiger partial charge in [-0.2, -0.15) is 0 Å². The number of thioether (sulfide) groups is 1. The first kappa shape index (κ1) is 21.9. The van der Waals surface area contributed by atoms with Crippen molar-refractivity contribution in [3.05, 3.63) is 63.6 Å². The van der Waals surface area contributed by atoms with Crippen molar-refractivity contribution in [1.29, 1.82) is 0 Å². The Balaban J connectivity index is 1.40. The summed E-state index contributed by atoms with van der Waals surface area (Å²) >= 11 is 15.2. The molecule has 0 aliphatic heterocycles. The van der Waals surface area contributed by atoms with Crippen LogP contribution in [0.2, 0.25) is 10.0 Å². The van der Waals surface area contributed by atoms with Gasteiger partial charge in [0.1, 0.15) is 5.75 Å². The lowest BCUT2D eigenvalue weighted by Gasteiger charge is -2.06. The van der Waals surface area contributed by atoms with Crippen LogP contribution in [0.1, 0.15) is 24.0 Å². The van der Waals surface area contributed by atoms with Gasteiger partial charge in [-0.05, 0) is 48.7 Å². The molecule has 0 aliphatic carbocycles. The molecular weight excluding hydrogens is 449 g/mol. The highest BCUT2D eigenvalue weighted by atomic mass is 35.5. The Labute approximate surface area is 187 Å². The zero-order valence-electron chi connectivity index (χ0n) is 15.7. The first-order valence-corrected chi connectivity index (χ1v) is 11.5. The van der Waals surface area contributed by atoms with E-state index in [-0.39, 0.29) is 5.91 Å². The molecule has 1 heterocycles. The third-order valence-electron chi connectivity index (χ3n) is 3.86. The van der Waals surface area contributed by atoms with Gasteiger partial charge in [0.2, 0.25) is 11.0 Å². The van der Waals surface area contributed by atoms with Gasteiger partial charge in [-0.3, -0.25) is 4.79 Å². The summed E-state index contributed by atoms with van der Waals surface area (Å²) < 4.78 is 6.39. The number of nitrogens with one attached hydrogen (secondary N) is 1. The van der Waals surface area contributed by atoms with Crippen molar-refractivity contribution in [2.24, 2.45) is 0 Å². The standard InChI is InChI=1S/C20H19Cl2N3O2S2/c1-13-5-2-6-14(11-13)27-10-4-9-18(26)23-19-24-25-20(29-19)28-12-15-16(21)7-3-8-17(15)22/h2-3,5-8,11H,4,9-10,12H2,1H3,(H,23,24,26). The molecular formula is C20H19Cl2N3O2S2. The van der Waals surface area contributed by atoms with E-state index in [1.807, 2.05) is 37.3 Å². The maximum absolute atomic E-state index is 12.1. The topological polar surface area (TPSA) is 64.1 Å². The van der Waals surface area contributed by atoms with Crippen LogP contribution in [0.5, 0.6) is 5.75 Å². The molecule has 2 aromatic carbocycles. The van der Waals surface area contributed by atoms with Crippen LogP contribution in [0.25, 0.3) is 0 Å². The number of anilines is 1. The maximum atomic E-state index is 12.1. The highest BCUT2D eigenvalue weighted by Gasteiger charge is 2.11. The van der Waals surface area contributed by atoms with E-state index in [0.717, 1.165) is 21.2 Å². The number of rotatable bonds is 9. The zero-order valence-corrected chi connectivity index (χ0v) is 18.8. The normalized spacial score (nSPS) is 10.7. The molecule has 1 aromatic heterocycles. The second-order valence-electron chi connectivity index (χ2n) is 6.18. The Hall–Kier alpha value is -1.80. The van der Waals surface area contributed by atoms with Gasteiger partial charge in [0, 0.05) is 22.2 Å². The summed E-state index contributed by atoms with van der Waals surface area (Å²) in [6.07, 6.45) is 0.967. The lowest BCUT2D eigenvalue weighted by atomic mass is 10.2. The molecule has 3 aromatic rings. The fourth-order valence-electron chi connectivity index (χ4n) is 2.43. The van der Waals surface area contributed by atoms with E-state index in [2.05, 4.69) is 15.5 Å². The fraction of sp³-hybridized carbons (Fsp3) is 0.250. The molecule has 0 fully saturated rings. The second kappa shape index (κ2) is 10.8. The van der Waals surface area contributed by atoms with Crippen molar-refractivity contribution in [3.63, 3.8) is 0 Å². The molecule has 0 atom stereocenters. The molecule has 0 unspecified atom stereocenters. The number of ether oxygens (including phenoxy) is 1. The molecule has 152 valence electrons. The van der Waals surface area contributed by atoms with Crippen molar-refractivity contribution >= 4 is 57.3 Å². The predicted octanol–water partition coefficient (Wildman–Crippen LogP) is 6.24. The minimum Gasteiger partial charge on any atom is -0.494 e. The number of aromatic nitrogens is 2. The number of aryl methyl sites for hydroxylation is 1. The molecule has 29 heavy (non-hydrogen) atoms. The quantitative estimate of drug-likeness (QED) is 0.229. The molecule has 9 heteroatoms. The Kier molecular flexibility index (Phi) is 8.18. The molecule has 5 nitrogen and oxygen atoms in total. The smallest absolute Gasteiger partial charge is 0.226 e. The number of nitrogens with zero attached hydrogens (tertiary/aromatic N) is 2. The number of carbonyl (C=O) groups excluding carboxylic acids is 1. The Bertz CT molecular complexity index is 962. The van der Waals surface area contributed by atoms with Gasteiger partial charge in [-0.25, -0.2) is 0 Å². The highest BCUT2D eigenvalue weighted by molar-refractivity contribution is 8.00. The van der Waals surface area contributed by atoms with Gasteiger partial charge < -0.3 is 10.1 Å². The van der Waals surface area contributed by atoms with Gasteiger partial charge in [-0.1, -0.05) is 64.5 Å². The van der Waals surface area contributed by atoms with Crippen LogP contribution in [-0.2, 0) is 10.5 Å². The Morgan fingerprint density at radius 3 is 2.69 bits per heavy atom. The third-order valence-corrected chi connectivity index (χ3v) is 6.57. The molecule has 0 saturated carbocycles. The van der Waals surface area contributed by atoms with Crippen molar-refractivity contribution < 1.29 is 9.53 Å². The van der Waals surface area contributed by atoms with E-state index in [1.165, 1.54) is 23.1 Å². The van der Waals surface area contributed by atoms with Crippen LogP contribution in [0, 0.1) is 6.92 Å². The molecule has 3 rings (SSSR count). The van der Waals surface area contributed by atoms with Crippen LogP contribution in [-0.4, -0.2) is 22.7 Å². The van der Waals surface area contributed by atoms with Gasteiger partial charge in [0.05, 0.1) is 6.61 Å². The minimum atomic E-state index is -0.111. The Morgan fingerprint density at radius 2 is 1.93 bits per heavy atom. The summed E-state index contributed by atoms with van der Waals surface area (Å²) in [5.74, 6) is 1.28. The molecule has 0 radical (unpaired) electrons. The number of hydrogen-bond donors (Lipinski definition) is 1. The fourth-order valence-corrected chi connectivity index (χ4v) is 4.94. The van der Waals surface area contributed by atoms with E-state index in [0.29, 0.717) is 40.4 Å². The molecule has 0 aliphatic rings. The van der Waals surface area contributed by atoms with E-state index >= 15 is 0 Å². The van der Waals surface area contributed by atoms with Crippen molar-refractivity contribution in [3.8, 4) is 5.75 Å². The number of benzene rings is 2. The first-order chi connectivity index (χ1) is 14.0. The predicted molar refractivity (Wildman–Crippen MR) is 120 cm³/mol. The summed E-state index contributed by atoms with van der Waals surface area (Å²) in [6.45, 7) is 2.49.